The van der Waals surface area contributed by atoms with E-state index in [1.54, 1.807) is 31.4 Å². The van der Waals surface area contributed by atoms with E-state index in [1.807, 2.05) is 24.3 Å². The first-order chi connectivity index (χ1) is 12.6. The Balaban J connectivity index is 1.85. The van der Waals surface area contributed by atoms with Crippen LogP contribution in [-0.4, -0.2) is 32.1 Å². The van der Waals surface area contributed by atoms with Crippen LogP contribution in [0.5, 0.6) is 0 Å². The van der Waals surface area contributed by atoms with Crippen LogP contribution >= 0.6 is 0 Å². The Bertz CT molecular complexity index is 747. The van der Waals surface area contributed by atoms with Crippen molar-refractivity contribution in [1.29, 1.82) is 0 Å². The largest absolute Gasteiger partial charge is 0.399 e. The van der Waals surface area contributed by atoms with Gasteiger partial charge in [-0.15, -0.1) is 0 Å². The number of hydrogen-bond donors (Lipinski definition) is 3. The van der Waals surface area contributed by atoms with Crippen molar-refractivity contribution >= 4 is 23.2 Å². The van der Waals surface area contributed by atoms with Crippen LogP contribution in [-0.2, 0) is 16.0 Å². The van der Waals surface area contributed by atoms with E-state index in [-0.39, 0.29) is 11.8 Å². The molecular formula is C20H25N3O3. The molecule has 0 aromatic heterocycles. The van der Waals surface area contributed by atoms with Gasteiger partial charge in [0.25, 0.3) is 5.91 Å². The quantitative estimate of drug-likeness (QED) is 0.476. The number of amides is 2. The maximum absolute atomic E-state index is 12.1. The Kier molecular flexibility index (Phi) is 7.64. The highest BCUT2D eigenvalue weighted by Gasteiger charge is 2.08. The zero-order chi connectivity index (χ0) is 18.8. The zero-order valence-corrected chi connectivity index (χ0v) is 15.0. The fourth-order valence-electron chi connectivity index (χ4n) is 2.49. The molecule has 2 rings (SSSR count). The first-order valence-electron chi connectivity index (χ1n) is 8.60. The zero-order valence-electron chi connectivity index (χ0n) is 15.0. The van der Waals surface area contributed by atoms with E-state index in [1.165, 1.54) is 0 Å². The molecule has 0 atom stereocenters. The summed E-state index contributed by atoms with van der Waals surface area (Å²) in [6.45, 7) is 1.15. The van der Waals surface area contributed by atoms with E-state index in [4.69, 9.17) is 10.5 Å². The first kappa shape index (κ1) is 19.5. The molecular weight excluding hydrogens is 330 g/mol. The van der Waals surface area contributed by atoms with Gasteiger partial charge in [0.15, 0.2) is 0 Å². The fourth-order valence-corrected chi connectivity index (χ4v) is 2.49. The summed E-state index contributed by atoms with van der Waals surface area (Å²) < 4.78 is 4.95. The molecule has 138 valence electrons. The van der Waals surface area contributed by atoms with Crippen LogP contribution in [0.15, 0.2) is 48.5 Å². The molecule has 2 amide bonds. The smallest absolute Gasteiger partial charge is 0.251 e. The van der Waals surface area contributed by atoms with Crippen molar-refractivity contribution in [1.82, 2.24) is 5.32 Å². The van der Waals surface area contributed by atoms with E-state index in [0.717, 1.165) is 12.0 Å². The van der Waals surface area contributed by atoms with Gasteiger partial charge in [-0.1, -0.05) is 18.2 Å². The van der Waals surface area contributed by atoms with Crippen molar-refractivity contribution < 1.29 is 14.3 Å². The predicted octanol–water partition coefficient (Wildman–Crippen LogP) is 2.61. The van der Waals surface area contributed by atoms with Crippen LogP contribution < -0.4 is 16.4 Å². The van der Waals surface area contributed by atoms with E-state index < -0.39 is 0 Å². The standard InChI is InChI=1S/C20H25N3O3/c1-26-12-4-11-22-20(25)16-6-3-8-18(14-16)23-19(24)10-9-15-5-2-7-17(21)13-15/h2-3,5-8,13-14H,4,9-12,21H2,1H3,(H,22,25)(H,23,24). The Labute approximate surface area is 153 Å². The van der Waals surface area contributed by atoms with Gasteiger partial charge in [-0.25, -0.2) is 0 Å². The summed E-state index contributed by atoms with van der Waals surface area (Å²) in [5.41, 5.74) is 8.56. The fraction of sp³-hybridized carbons (Fsp3) is 0.300. The lowest BCUT2D eigenvalue weighted by atomic mass is 10.1. The summed E-state index contributed by atoms with van der Waals surface area (Å²) >= 11 is 0. The average Bonchev–Trinajstić information content (AvgIpc) is 2.64. The highest BCUT2D eigenvalue weighted by molar-refractivity contribution is 5.97. The molecule has 0 heterocycles. The van der Waals surface area contributed by atoms with Crippen molar-refractivity contribution in [2.75, 3.05) is 31.3 Å². The molecule has 0 bridgehead atoms. The Hall–Kier alpha value is -2.86. The first-order valence-corrected chi connectivity index (χ1v) is 8.60. The lowest BCUT2D eigenvalue weighted by Gasteiger charge is -2.09. The lowest BCUT2D eigenvalue weighted by Crippen LogP contribution is -2.25. The molecule has 0 aliphatic carbocycles. The Morgan fingerprint density at radius 2 is 1.92 bits per heavy atom. The molecule has 0 saturated carbocycles. The van der Waals surface area contributed by atoms with Gasteiger partial charge in [0.1, 0.15) is 0 Å². The van der Waals surface area contributed by atoms with Gasteiger partial charge in [-0.05, 0) is 48.7 Å². The van der Waals surface area contributed by atoms with Crippen LogP contribution in [0, 0.1) is 0 Å². The second kappa shape index (κ2) is 10.2. The molecule has 0 fully saturated rings. The third-order valence-corrected chi connectivity index (χ3v) is 3.81. The van der Waals surface area contributed by atoms with Crippen molar-refractivity contribution in [2.24, 2.45) is 0 Å². The van der Waals surface area contributed by atoms with E-state index in [9.17, 15) is 9.59 Å². The average molecular weight is 355 g/mol. The molecule has 0 unspecified atom stereocenters. The molecule has 6 heteroatoms. The van der Waals surface area contributed by atoms with E-state index in [0.29, 0.717) is 42.9 Å². The number of nitrogens with two attached hydrogens (primary N) is 1. The van der Waals surface area contributed by atoms with Crippen molar-refractivity contribution in [3.05, 3.63) is 59.7 Å². The molecule has 0 spiro atoms. The molecule has 6 nitrogen and oxygen atoms in total. The second-order valence-corrected chi connectivity index (χ2v) is 5.98. The normalized spacial score (nSPS) is 10.3. The Morgan fingerprint density at radius 1 is 1.12 bits per heavy atom. The number of hydrogen-bond acceptors (Lipinski definition) is 4. The van der Waals surface area contributed by atoms with Crippen LogP contribution in [0.25, 0.3) is 0 Å². The maximum Gasteiger partial charge on any atom is 0.251 e. The third-order valence-electron chi connectivity index (χ3n) is 3.81. The summed E-state index contributed by atoms with van der Waals surface area (Å²) in [4.78, 5) is 24.3. The molecule has 0 saturated heterocycles. The molecule has 2 aromatic rings. The van der Waals surface area contributed by atoms with Crippen LogP contribution in [0.1, 0.15) is 28.8 Å². The van der Waals surface area contributed by atoms with Gasteiger partial charge < -0.3 is 21.1 Å². The molecule has 4 N–H and O–H groups in total. The van der Waals surface area contributed by atoms with Gasteiger partial charge in [0, 0.05) is 43.6 Å². The topological polar surface area (TPSA) is 93.5 Å². The van der Waals surface area contributed by atoms with Crippen molar-refractivity contribution in [2.45, 2.75) is 19.3 Å². The molecule has 2 aromatic carbocycles. The number of rotatable bonds is 9. The van der Waals surface area contributed by atoms with Gasteiger partial charge in [-0.3, -0.25) is 9.59 Å². The lowest BCUT2D eigenvalue weighted by molar-refractivity contribution is -0.116. The number of carbonyl (C=O) groups excluding carboxylic acids is 2. The summed E-state index contributed by atoms with van der Waals surface area (Å²) in [7, 11) is 1.63. The maximum atomic E-state index is 12.1. The SMILES string of the molecule is COCCCNC(=O)c1cccc(NC(=O)CCc2cccc(N)c2)c1. The van der Waals surface area contributed by atoms with E-state index in [2.05, 4.69) is 10.6 Å². The summed E-state index contributed by atoms with van der Waals surface area (Å²) in [6, 6.07) is 14.4. The van der Waals surface area contributed by atoms with Gasteiger partial charge in [-0.2, -0.15) is 0 Å². The summed E-state index contributed by atoms with van der Waals surface area (Å²) in [5.74, 6) is -0.276. The number of benzene rings is 2. The van der Waals surface area contributed by atoms with Crippen LogP contribution in [0.2, 0.25) is 0 Å². The number of anilines is 2. The van der Waals surface area contributed by atoms with Crippen molar-refractivity contribution in [3.63, 3.8) is 0 Å². The highest BCUT2D eigenvalue weighted by Crippen LogP contribution is 2.13. The molecule has 0 radical (unpaired) electrons. The Morgan fingerprint density at radius 3 is 2.69 bits per heavy atom. The molecule has 0 aliphatic heterocycles. The van der Waals surface area contributed by atoms with Gasteiger partial charge in [0.2, 0.25) is 5.91 Å². The van der Waals surface area contributed by atoms with E-state index >= 15 is 0 Å². The van der Waals surface area contributed by atoms with Crippen LogP contribution in [0.4, 0.5) is 11.4 Å². The number of ether oxygens (including phenoxy) is 1. The van der Waals surface area contributed by atoms with Crippen LogP contribution in [0.3, 0.4) is 0 Å². The second-order valence-electron chi connectivity index (χ2n) is 5.98. The minimum atomic E-state index is -0.169. The molecule has 26 heavy (non-hydrogen) atoms. The number of nitrogen functional groups attached to an aromatic ring is 1. The minimum Gasteiger partial charge on any atom is -0.399 e. The predicted molar refractivity (Wildman–Crippen MR) is 103 cm³/mol. The number of aryl methyl sites for hydroxylation is 1. The summed E-state index contributed by atoms with van der Waals surface area (Å²) in [6.07, 6.45) is 1.70. The minimum absolute atomic E-state index is 0.106. The van der Waals surface area contributed by atoms with Crippen molar-refractivity contribution in [3.8, 4) is 0 Å². The monoisotopic (exact) mass is 355 g/mol. The van der Waals surface area contributed by atoms with Gasteiger partial charge in [0.05, 0.1) is 0 Å². The molecule has 0 aliphatic rings. The third kappa shape index (κ3) is 6.57. The number of methoxy groups -OCH3 is 1. The number of nitrogens with one attached hydrogen (secondary N) is 2. The number of carbonyl (C=O) groups is 2. The summed E-state index contributed by atoms with van der Waals surface area (Å²) in [5, 5.41) is 5.65. The van der Waals surface area contributed by atoms with Gasteiger partial charge >= 0.3 is 0 Å². The highest BCUT2D eigenvalue weighted by atomic mass is 16.5.